The summed E-state index contributed by atoms with van der Waals surface area (Å²) in [5, 5.41) is 0. The lowest BCUT2D eigenvalue weighted by molar-refractivity contribution is 0.309. The molecule has 2 heteroatoms. The van der Waals surface area contributed by atoms with Gasteiger partial charge in [0, 0.05) is 0 Å². The lowest BCUT2D eigenvalue weighted by Crippen LogP contribution is -2.46. The van der Waals surface area contributed by atoms with Crippen LogP contribution < -0.4 is 0 Å². The van der Waals surface area contributed by atoms with Gasteiger partial charge in [-0.05, 0) is 18.5 Å². The molecule has 0 saturated carbocycles. The summed E-state index contributed by atoms with van der Waals surface area (Å²) in [7, 11) is 0. The zero-order valence-corrected chi connectivity index (χ0v) is 9.20. The second kappa shape index (κ2) is 4.66. The first-order chi connectivity index (χ1) is 6.13. The van der Waals surface area contributed by atoms with Crippen molar-refractivity contribution in [2.45, 2.75) is 46.2 Å². The van der Waals surface area contributed by atoms with Crippen molar-refractivity contribution in [1.29, 1.82) is 0 Å². The van der Waals surface area contributed by atoms with Gasteiger partial charge in [-0.2, -0.15) is 0 Å². The van der Waals surface area contributed by atoms with E-state index in [4.69, 9.17) is 0 Å². The van der Waals surface area contributed by atoms with Crippen LogP contribution in [0.2, 0.25) is 0 Å². The summed E-state index contributed by atoms with van der Waals surface area (Å²) in [6.45, 7) is 9.55. The summed E-state index contributed by atoms with van der Waals surface area (Å²) in [4.78, 5) is 2.52. The van der Waals surface area contributed by atoms with Crippen LogP contribution in [0.3, 0.4) is 0 Å². The summed E-state index contributed by atoms with van der Waals surface area (Å²) in [5.41, 5.74) is 0. The van der Waals surface area contributed by atoms with Gasteiger partial charge in [-0.1, -0.05) is 51.8 Å². The van der Waals surface area contributed by atoms with E-state index in [1.165, 1.54) is 0 Å². The van der Waals surface area contributed by atoms with Crippen molar-refractivity contribution in [2.24, 2.45) is 0 Å². The molecule has 0 radical (unpaired) electrons. The summed E-state index contributed by atoms with van der Waals surface area (Å²) in [6, 6.07) is 1.22. The van der Waals surface area contributed by atoms with E-state index < -0.39 is 0 Å². The van der Waals surface area contributed by atoms with Crippen LogP contribution in [0.25, 0.3) is 0 Å². The molecule has 13 heavy (non-hydrogen) atoms. The molecular formula is C11H20BN. The number of allylic oxidation sites excluding steroid dienone is 2. The molecule has 1 heterocycles. The van der Waals surface area contributed by atoms with Crippen LogP contribution in [0.4, 0.5) is 0 Å². The second-order valence-corrected chi connectivity index (χ2v) is 4.22. The van der Waals surface area contributed by atoms with Gasteiger partial charge < -0.3 is 4.81 Å². The maximum atomic E-state index is 2.52. The predicted molar refractivity (Wildman–Crippen MR) is 60.8 cm³/mol. The van der Waals surface area contributed by atoms with Gasteiger partial charge in [0.05, 0.1) is 0 Å². The van der Waals surface area contributed by atoms with Crippen LogP contribution in [0, 0.1) is 0 Å². The van der Waals surface area contributed by atoms with E-state index in [9.17, 15) is 0 Å². The molecule has 0 fully saturated rings. The highest BCUT2D eigenvalue weighted by atomic mass is 15.1. The fourth-order valence-electron chi connectivity index (χ4n) is 2.06. The molecule has 0 aromatic heterocycles. The molecular weight excluding hydrogens is 157 g/mol. The summed E-state index contributed by atoms with van der Waals surface area (Å²) >= 11 is 0. The van der Waals surface area contributed by atoms with Crippen molar-refractivity contribution in [1.82, 2.24) is 4.81 Å². The lowest BCUT2D eigenvalue weighted by Gasteiger charge is -2.34. The van der Waals surface area contributed by atoms with E-state index in [0.717, 1.165) is 6.42 Å². The average Bonchev–Trinajstić information content (AvgIpc) is 2.04. The third-order valence-corrected chi connectivity index (χ3v) is 2.48. The minimum atomic E-state index is 0.508. The van der Waals surface area contributed by atoms with Crippen molar-refractivity contribution in [3.8, 4) is 0 Å². The van der Waals surface area contributed by atoms with Gasteiger partial charge >= 0.3 is 0 Å². The quantitative estimate of drug-likeness (QED) is 0.599. The van der Waals surface area contributed by atoms with E-state index in [2.05, 4.69) is 56.6 Å². The van der Waals surface area contributed by atoms with Crippen molar-refractivity contribution in [3.63, 3.8) is 0 Å². The molecule has 72 valence electrons. The third-order valence-electron chi connectivity index (χ3n) is 2.48. The molecule has 0 aromatic carbocycles. The smallest absolute Gasteiger partial charge is 0.276 e. The summed E-state index contributed by atoms with van der Waals surface area (Å²) in [6.07, 6.45) is 5.60. The van der Waals surface area contributed by atoms with Gasteiger partial charge in [-0.15, -0.1) is 0 Å². The molecule has 1 aliphatic heterocycles. The van der Waals surface area contributed by atoms with Crippen LogP contribution in [-0.4, -0.2) is 23.7 Å². The Bertz CT molecular complexity index is 186. The number of nitrogens with zero attached hydrogens (tertiary/aromatic N) is 1. The second-order valence-electron chi connectivity index (χ2n) is 4.22. The Morgan fingerprint density at radius 1 is 1.00 bits per heavy atom. The fraction of sp³-hybridized carbons (Fsp3) is 0.636. The maximum Gasteiger partial charge on any atom is 0.276 e. The Kier molecular flexibility index (Phi) is 3.79. The Balaban J connectivity index is 2.69. The van der Waals surface area contributed by atoms with Crippen molar-refractivity contribution in [2.75, 3.05) is 0 Å². The fourth-order valence-corrected chi connectivity index (χ4v) is 2.06. The minimum absolute atomic E-state index is 0.508. The number of hydrogen-bond donors (Lipinski definition) is 0. The monoisotopic (exact) mass is 177 g/mol. The van der Waals surface area contributed by atoms with Crippen LogP contribution in [0.1, 0.15) is 34.1 Å². The SMILES string of the molecule is CC(C)N(B1C=CCC=C1)C(C)C. The standard InChI is InChI=1S/C11H20BN/c1-10(2)13(11(3)4)12-8-6-5-7-9-12/h6-11H,5H2,1-4H3. The zero-order valence-electron chi connectivity index (χ0n) is 9.20. The largest absolute Gasteiger partial charge is 0.330 e. The predicted octanol–water partition coefficient (Wildman–Crippen LogP) is 2.69. The van der Waals surface area contributed by atoms with Gasteiger partial charge in [0.1, 0.15) is 0 Å². The van der Waals surface area contributed by atoms with Crippen LogP contribution in [0.5, 0.6) is 0 Å². The van der Waals surface area contributed by atoms with Gasteiger partial charge in [0.25, 0.3) is 6.85 Å². The topological polar surface area (TPSA) is 3.24 Å². The van der Waals surface area contributed by atoms with Crippen molar-refractivity contribution in [3.05, 3.63) is 24.1 Å². The highest BCUT2D eigenvalue weighted by Gasteiger charge is 2.23. The Morgan fingerprint density at radius 3 is 1.85 bits per heavy atom. The van der Waals surface area contributed by atoms with E-state index >= 15 is 0 Å². The summed E-state index contributed by atoms with van der Waals surface area (Å²) in [5.74, 6) is 4.61. The van der Waals surface area contributed by atoms with Crippen LogP contribution in [-0.2, 0) is 0 Å². The van der Waals surface area contributed by atoms with E-state index in [1.807, 2.05) is 0 Å². The molecule has 0 atom stereocenters. The average molecular weight is 177 g/mol. The summed E-state index contributed by atoms with van der Waals surface area (Å²) < 4.78 is 0. The first kappa shape index (κ1) is 10.6. The Labute approximate surface area is 82.6 Å². The van der Waals surface area contributed by atoms with Crippen molar-refractivity contribution < 1.29 is 0 Å². The molecule has 1 rings (SSSR count). The van der Waals surface area contributed by atoms with Gasteiger partial charge in [0.2, 0.25) is 0 Å². The van der Waals surface area contributed by atoms with Gasteiger partial charge in [-0.3, -0.25) is 0 Å². The normalized spacial score (nSPS) is 16.7. The Morgan fingerprint density at radius 2 is 1.46 bits per heavy atom. The van der Waals surface area contributed by atoms with Crippen molar-refractivity contribution >= 4 is 6.85 Å². The molecule has 1 aliphatic rings. The molecule has 0 saturated heterocycles. The molecule has 1 nitrogen and oxygen atoms in total. The molecule has 0 aromatic rings. The molecule has 0 bridgehead atoms. The highest BCUT2D eigenvalue weighted by molar-refractivity contribution is 6.67. The number of rotatable bonds is 3. The highest BCUT2D eigenvalue weighted by Crippen LogP contribution is 2.13. The maximum absolute atomic E-state index is 2.52. The van der Waals surface area contributed by atoms with Crippen LogP contribution >= 0.6 is 0 Å². The van der Waals surface area contributed by atoms with E-state index in [0.29, 0.717) is 18.9 Å². The van der Waals surface area contributed by atoms with E-state index in [-0.39, 0.29) is 0 Å². The molecule has 0 N–H and O–H groups in total. The zero-order chi connectivity index (χ0) is 9.84. The first-order valence-electron chi connectivity index (χ1n) is 5.23. The van der Waals surface area contributed by atoms with Gasteiger partial charge in [0.15, 0.2) is 0 Å². The Hall–Kier alpha value is -0.495. The molecule has 0 spiro atoms. The van der Waals surface area contributed by atoms with Gasteiger partial charge in [-0.25, -0.2) is 0 Å². The molecule has 0 unspecified atom stereocenters. The van der Waals surface area contributed by atoms with E-state index in [1.54, 1.807) is 0 Å². The molecule has 0 amide bonds. The molecule has 0 aliphatic carbocycles. The third kappa shape index (κ3) is 2.73. The lowest BCUT2D eigenvalue weighted by atomic mass is 9.57. The van der Waals surface area contributed by atoms with Crippen LogP contribution in [0.15, 0.2) is 24.1 Å². The minimum Gasteiger partial charge on any atom is -0.330 e. The number of hydrogen-bond acceptors (Lipinski definition) is 1. The first-order valence-corrected chi connectivity index (χ1v) is 5.23.